The van der Waals surface area contributed by atoms with Crippen molar-refractivity contribution in [3.05, 3.63) is 106 Å². The monoisotopic (exact) mass is 990 g/mol. The zero-order valence-corrected chi connectivity index (χ0v) is 43.8. The van der Waals surface area contributed by atoms with Gasteiger partial charge >= 0.3 is 0 Å². The molecule has 63 heavy (non-hydrogen) atoms. The maximum Gasteiger partial charge on any atom is 0.0456 e. The second-order valence-corrected chi connectivity index (χ2v) is 26.7. The van der Waals surface area contributed by atoms with E-state index in [0.29, 0.717) is 0 Å². The molecule has 0 aliphatic rings. The van der Waals surface area contributed by atoms with E-state index in [2.05, 4.69) is 112 Å². The van der Waals surface area contributed by atoms with Crippen LogP contribution < -0.4 is 0 Å². The number of hydrogen-bond donors (Lipinski definition) is 0. The Hall–Kier alpha value is -2.70. The molecule has 0 fully saturated rings. The summed E-state index contributed by atoms with van der Waals surface area (Å²) in [5.74, 6) is 0. The fourth-order valence-corrected chi connectivity index (χ4v) is 19.0. The van der Waals surface area contributed by atoms with Gasteiger partial charge in [-0.25, -0.2) is 0 Å². The lowest BCUT2D eigenvalue weighted by Gasteiger charge is -1.96. The quantitative estimate of drug-likeness (QED) is 0.0630. The molecule has 0 unspecified atom stereocenters. The lowest BCUT2D eigenvalue weighted by Crippen LogP contribution is -1.80. The molecule has 0 radical (unpaired) electrons. The Labute approximate surface area is 409 Å². The molecule has 9 heteroatoms. The smallest absolute Gasteiger partial charge is 0.0456 e. The lowest BCUT2D eigenvalue weighted by atomic mass is 10.1. The van der Waals surface area contributed by atoms with E-state index in [1.807, 2.05) is 102 Å². The highest BCUT2D eigenvalue weighted by atomic mass is 32.1. The number of unbranched alkanes of at least 4 members (excludes halogenated alkanes) is 9. The summed E-state index contributed by atoms with van der Waals surface area (Å²) in [5, 5.41) is 4.25. The Morgan fingerprint density at radius 3 is 0.794 bits per heavy atom. The summed E-state index contributed by atoms with van der Waals surface area (Å²) >= 11 is 17.9. The third-order valence-corrected chi connectivity index (χ3v) is 23.4. The highest BCUT2D eigenvalue weighted by Crippen LogP contribution is 2.53. The second kappa shape index (κ2) is 20.4. The van der Waals surface area contributed by atoms with Crippen molar-refractivity contribution in [1.29, 1.82) is 0 Å². The van der Waals surface area contributed by atoms with E-state index in [4.69, 9.17) is 0 Å². The van der Waals surface area contributed by atoms with Crippen LogP contribution in [0.4, 0.5) is 0 Å². The molecule has 0 spiro atoms. The molecule has 324 valence electrons. The molecule has 0 nitrogen and oxygen atoms in total. The first-order valence-corrected chi connectivity index (χ1v) is 30.4. The Morgan fingerprint density at radius 1 is 0.254 bits per heavy atom. The van der Waals surface area contributed by atoms with E-state index in [9.17, 15) is 0 Å². The SMILES string of the molecule is CCCCCCc1ccc(-c2ccc(-c3cc4c(s3)c3cc(-c5ccc(-c6ccc(CCCCCC)s6)s5)sc3c3cc(-c5ccc(-c6ccc(CCCCCC)s6)s5)sc43)s2)s1. The largest absolute Gasteiger partial charge is 0.139 e. The van der Waals surface area contributed by atoms with Crippen LogP contribution in [0.2, 0.25) is 0 Å². The van der Waals surface area contributed by atoms with Gasteiger partial charge in [-0.15, -0.1) is 102 Å². The van der Waals surface area contributed by atoms with Crippen molar-refractivity contribution in [3.63, 3.8) is 0 Å². The fraction of sp³-hybridized carbons (Fsp3) is 0.333. The third kappa shape index (κ3) is 9.75. The molecule has 0 aliphatic carbocycles. The molecule has 0 saturated carbocycles. The van der Waals surface area contributed by atoms with Crippen LogP contribution in [0.5, 0.6) is 0 Å². The lowest BCUT2D eigenvalue weighted by molar-refractivity contribution is 0.670. The minimum absolute atomic E-state index is 1.21. The van der Waals surface area contributed by atoms with Gasteiger partial charge < -0.3 is 0 Å². The van der Waals surface area contributed by atoms with E-state index < -0.39 is 0 Å². The number of hydrogen-bond acceptors (Lipinski definition) is 9. The molecule has 10 rings (SSSR count). The van der Waals surface area contributed by atoms with Crippen molar-refractivity contribution in [1.82, 2.24) is 0 Å². The molecular formula is C54H54S9. The molecular weight excluding hydrogens is 937 g/mol. The molecule has 0 aliphatic heterocycles. The average molecular weight is 992 g/mol. The van der Waals surface area contributed by atoms with Gasteiger partial charge in [-0.3, -0.25) is 0 Å². The van der Waals surface area contributed by atoms with Crippen LogP contribution in [0.1, 0.15) is 112 Å². The van der Waals surface area contributed by atoms with Gasteiger partial charge in [0.1, 0.15) is 0 Å². The fourth-order valence-electron chi connectivity index (χ4n) is 8.56. The molecule has 0 atom stereocenters. The van der Waals surface area contributed by atoms with Crippen LogP contribution in [0.15, 0.2) is 91.0 Å². The van der Waals surface area contributed by atoms with Gasteiger partial charge in [0.2, 0.25) is 0 Å². The normalized spacial score (nSPS) is 12.0. The summed E-state index contributed by atoms with van der Waals surface area (Å²) in [6, 6.07) is 36.0. The first-order chi connectivity index (χ1) is 31.0. The number of thiophene rings is 9. The van der Waals surface area contributed by atoms with Crippen LogP contribution in [-0.2, 0) is 19.3 Å². The van der Waals surface area contributed by atoms with Crippen molar-refractivity contribution >= 4 is 132 Å². The van der Waals surface area contributed by atoms with Gasteiger partial charge in [-0.2, -0.15) is 0 Å². The van der Waals surface area contributed by atoms with E-state index in [1.165, 1.54) is 200 Å². The molecule has 9 heterocycles. The van der Waals surface area contributed by atoms with Crippen LogP contribution >= 0.6 is 102 Å². The van der Waals surface area contributed by atoms with E-state index in [-0.39, 0.29) is 0 Å². The summed E-state index contributed by atoms with van der Waals surface area (Å²) in [5.41, 5.74) is 0. The number of rotatable bonds is 21. The zero-order valence-electron chi connectivity index (χ0n) is 36.4. The topological polar surface area (TPSA) is 0 Å². The van der Waals surface area contributed by atoms with Gasteiger partial charge in [-0.1, -0.05) is 78.6 Å². The summed E-state index contributed by atoms with van der Waals surface area (Å²) in [4.78, 5) is 21.3. The van der Waals surface area contributed by atoms with Crippen molar-refractivity contribution in [2.75, 3.05) is 0 Å². The Kier molecular flexibility index (Phi) is 14.3. The predicted octanol–water partition coefficient (Wildman–Crippen LogP) is 22.1. The first kappa shape index (κ1) is 44.2. The molecule has 1 aromatic carbocycles. The minimum atomic E-state index is 1.21. The van der Waals surface area contributed by atoms with Crippen molar-refractivity contribution in [2.45, 2.75) is 117 Å². The number of aryl methyl sites for hydroxylation is 3. The van der Waals surface area contributed by atoms with Crippen LogP contribution in [0, 0.1) is 0 Å². The Morgan fingerprint density at radius 2 is 0.508 bits per heavy atom. The van der Waals surface area contributed by atoms with Gasteiger partial charge in [0.05, 0.1) is 0 Å². The molecule has 0 saturated heterocycles. The summed E-state index contributed by atoms with van der Waals surface area (Å²) in [6.07, 6.45) is 19.4. The maximum absolute atomic E-state index is 2.52. The van der Waals surface area contributed by atoms with E-state index in [1.54, 1.807) is 0 Å². The van der Waals surface area contributed by atoms with Gasteiger partial charge in [0.25, 0.3) is 0 Å². The predicted molar refractivity (Wildman–Crippen MR) is 296 cm³/mol. The van der Waals surface area contributed by atoms with Crippen molar-refractivity contribution < 1.29 is 0 Å². The highest BCUT2D eigenvalue weighted by molar-refractivity contribution is 7.33. The van der Waals surface area contributed by atoms with E-state index in [0.717, 1.165) is 0 Å². The molecule has 10 aromatic rings. The van der Waals surface area contributed by atoms with Crippen LogP contribution in [-0.4, -0.2) is 0 Å². The third-order valence-electron chi connectivity index (χ3n) is 12.0. The molecule has 9 aromatic heterocycles. The Bertz CT molecular complexity index is 2630. The minimum Gasteiger partial charge on any atom is -0.139 e. The summed E-state index contributed by atoms with van der Waals surface area (Å²) in [6.45, 7) is 6.88. The average Bonchev–Trinajstić information content (AvgIpc) is 4.14. The van der Waals surface area contributed by atoms with Crippen molar-refractivity contribution in [2.24, 2.45) is 0 Å². The summed E-state index contributed by atoms with van der Waals surface area (Å²) < 4.78 is 4.30. The van der Waals surface area contributed by atoms with Gasteiger partial charge in [0, 0.05) is 103 Å². The molecule has 0 bridgehead atoms. The van der Waals surface area contributed by atoms with Crippen LogP contribution in [0.3, 0.4) is 0 Å². The van der Waals surface area contributed by atoms with Crippen LogP contribution in [0.25, 0.3) is 88.8 Å². The zero-order chi connectivity index (χ0) is 42.7. The van der Waals surface area contributed by atoms with E-state index >= 15 is 0 Å². The maximum atomic E-state index is 2.52. The standard InChI is InChI=1S/C54H54S9/c1-4-7-10-13-16-34-19-22-40(55-34)43-25-28-46(58-43)49-31-37-52(61-49)38-32-50(47-29-26-44(59-47)41-23-20-35(56-41)17-14-11-8-5-2)63-54(38)39-33-51(62-53(37)39)48-30-27-45(60-48)42-24-21-36(57-42)18-15-12-9-6-3/h19-33H,4-18H2,1-3H3. The van der Waals surface area contributed by atoms with Gasteiger partial charge in [-0.05, 0) is 130 Å². The number of fused-ring (bicyclic) bond motifs is 6. The molecule has 0 N–H and O–H groups in total. The summed E-state index contributed by atoms with van der Waals surface area (Å²) in [7, 11) is 0. The molecule has 0 amide bonds. The number of benzene rings is 1. The second-order valence-electron chi connectivity index (χ2n) is 16.8. The Balaban J connectivity index is 0.993. The van der Waals surface area contributed by atoms with Crippen molar-refractivity contribution in [3.8, 4) is 58.5 Å². The van der Waals surface area contributed by atoms with Gasteiger partial charge in [0.15, 0.2) is 0 Å². The first-order valence-electron chi connectivity index (χ1n) is 23.1. The highest BCUT2D eigenvalue weighted by Gasteiger charge is 2.22.